The summed E-state index contributed by atoms with van der Waals surface area (Å²) in [6, 6.07) is 7.36. The zero-order chi connectivity index (χ0) is 16.5. The molecule has 0 unspecified atom stereocenters. The van der Waals surface area contributed by atoms with E-state index < -0.39 is 0 Å². The molecule has 0 atom stereocenters. The quantitative estimate of drug-likeness (QED) is 0.798. The maximum atomic E-state index is 12.2. The molecule has 124 valence electrons. The summed E-state index contributed by atoms with van der Waals surface area (Å²) in [7, 11) is 3.95. The van der Waals surface area contributed by atoms with Gasteiger partial charge in [-0.15, -0.1) is 0 Å². The molecule has 1 N–H and O–H groups in total. The van der Waals surface area contributed by atoms with Crippen LogP contribution in [-0.2, 0) is 0 Å². The number of ether oxygens (including phenoxy) is 1. The smallest absolute Gasteiger partial charge is 0.317 e. The highest BCUT2D eigenvalue weighted by molar-refractivity contribution is 6.32. The summed E-state index contributed by atoms with van der Waals surface area (Å²) >= 11 is 6.04. The maximum absolute atomic E-state index is 12.2. The fourth-order valence-corrected chi connectivity index (χ4v) is 2.09. The molecular formula is C16H26ClN3O2. The molecule has 2 amide bonds. The lowest BCUT2D eigenvalue weighted by molar-refractivity contribution is 0.165. The number of rotatable bonds is 8. The minimum absolute atomic E-state index is 0.0698. The highest BCUT2D eigenvalue weighted by Crippen LogP contribution is 2.22. The standard InChI is InChI=1S/C16H26ClN3O2/c1-13(2)20(16(21)18-9-10-19(3)4)11-12-22-15-8-6-5-7-14(15)17/h5-8,13H,9-12H2,1-4H3,(H,18,21). The third-order valence-electron chi connectivity index (χ3n) is 3.15. The summed E-state index contributed by atoms with van der Waals surface area (Å²) in [4.78, 5) is 16.0. The van der Waals surface area contributed by atoms with Crippen LogP contribution in [0.5, 0.6) is 5.75 Å². The predicted octanol–water partition coefficient (Wildman–Crippen LogP) is 2.70. The van der Waals surface area contributed by atoms with Gasteiger partial charge in [0.2, 0.25) is 0 Å². The van der Waals surface area contributed by atoms with Gasteiger partial charge in [0.1, 0.15) is 12.4 Å². The number of nitrogens with one attached hydrogen (secondary N) is 1. The van der Waals surface area contributed by atoms with Crippen molar-refractivity contribution in [3.05, 3.63) is 29.3 Å². The van der Waals surface area contributed by atoms with Crippen LogP contribution in [0.2, 0.25) is 5.02 Å². The van der Waals surface area contributed by atoms with E-state index in [1.54, 1.807) is 11.0 Å². The van der Waals surface area contributed by atoms with Crippen molar-refractivity contribution in [1.29, 1.82) is 0 Å². The van der Waals surface area contributed by atoms with Crippen molar-refractivity contribution < 1.29 is 9.53 Å². The van der Waals surface area contributed by atoms with E-state index in [9.17, 15) is 4.79 Å². The molecule has 0 spiro atoms. The van der Waals surface area contributed by atoms with Gasteiger partial charge in [-0.05, 0) is 40.1 Å². The van der Waals surface area contributed by atoms with E-state index in [0.29, 0.717) is 30.5 Å². The van der Waals surface area contributed by atoms with E-state index in [0.717, 1.165) is 6.54 Å². The SMILES string of the molecule is CC(C)N(CCOc1ccccc1Cl)C(=O)NCCN(C)C. The zero-order valence-electron chi connectivity index (χ0n) is 13.8. The van der Waals surface area contributed by atoms with Gasteiger partial charge >= 0.3 is 6.03 Å². The second-order valence-electron chi connectivity index (χ2n) is 5.60. The Bertz CT molecular complexity index is 466. The maximum Gasteiger partial charge on any atom is 0.317 e. The Hall–Kier alpha value is -1.46. The van der Waals surface area contributed by atoms with Gasteiger partial charge < -0.3 is 19.9 Å². The topological polar surface area (TPSA) is 44.8 Å². The molecule has 0 aliphatic rings. The number of carbonyl (C=O) groups is 1. The first-order chi connectivity index (χ1) is 10.4. The summed E-state index contributed by atoms with van der Waals surface area (Å²) < 4.78 is 5.65. The van der Waals surface area contributed by atoms with Crippen LogP contribution in [0, 0.1) is 0 Å². The van der Waals surface area contributed by atoms with Gasteiger partial charge in [0.25, 0.3) is 0 Å². The summed E-state index contributed by atoms with van der Waals surface area (Å²) in [6.45, 7) is 6.33. The molecule has 0 bridgehead atoms. The monoisotopic (exact) mass is 327 g/mol. The molecule has 0 saturated heterocycles. The number of likely N-dealkylation sites (N-methyl/N-ethyl adjacent to an activating group) is 1. The van der Waals surface area contributed by atoms with E-state index in [2.05, 4.69) is 5.32 Å². The Labute approximate surface area is 138 Å². The Balaban J connectivity index is 2.44. The third kappa shape index (κ3) is 6.54. The van der Waals surface area contributed by atoms with E-state index >= 15 is 0 Å². The largest absolute Gasteiger partial charge is 0.490 e. The molecule has 0 radical (unpaired) electrons. The summed E-state index contributed by atoms with van der Waals surface area (Å²) in [6.07, 6.45) is 0. The fourth-order valence-electron chi connectivity index (χ4n) is 1.90. The average molecular weight is 328 g/mol. The van der Waals surface area contributed by atoms with Gasteiger partial charge in [0.15, 0.2) is 0 Å². The molecule has 0 aliphatic carbocycles. The Kier molecular flexibility index (Phi) is 8.06. The second-order valence-corrected chi connectivity index (χ2v) is 6.01. The van der Waals surface area contributed by atoms with Crippen molar-refractivity contribution in [2.24, 2.45) is 0 Å². The van der Waals surface area contributed by atoms with E-state index in [1.807, 2.05) is 51.0 Å². The summed E-state index contributed by atoms with van der Waals surface area (Å²) in [5.41, 5.74) is 0. The zero-order valence-corrected chi connectivity index (χ0v) is 14.6. The molecule has 1 rings (SSSR count). The minimum Gasteiger partial charge on any atom is -0.490 e. The fraction of sp³-hybridized carbons (Fsp3) is 0.562. The number of urea groups is 1. The minimum atomic E-state index is -0.0698. The predicted molar refractivity (Wildman–Crippen MR) is 90.7 cm³/mol. The van der Waals surface area contributed by atoms with Crippen LogP contribution >= 0.6 is 11.6 Å². The van der Waals surface area contributed by atoms with Crippen molar-refractivity contribution in [3.63, 3.8) is 0 Å². The number of carbonyl (C=O) groups excluding carboxylic acids is 1. The first-order valence-corrected chi connectivity index (χ1v) is 7.86. The number of amides is 2. The van der Waals surface area contributed by atoms with Gasteiger partial charge in [-0.25, -0.2) is 4.79 Å². The average Bonchev–Trinajstić information content (AvgIpc) is 2.44. The van der Waals surface area contributed by atoms with Crippen molar-refractivity contribution in [3.8, 4) is 5.75 Å². The Morgan fingerprint density at radius 3 is 2.55 bits per heavy atom. The number of benzene rings is 1. The second kappa shape index (κ2) is 9.54. The molecule has 0 fully saturated rings. The van der Waals surface area contributed by atoms with Crippen LogP contribution in [0.1, 0.15) is 13.8 Å². The van der Waals surface area contributed by atoms with Crippen LogP contribution in [0.25, 0.3) is 0 Å². The van der Waals surface area contributed by atoms with Crippen LogP contribution in [-0.4, -0.2) is 62.2 Å². The molecule has 0 heterocycles. The molecule has 1 aromatic carbocycles. The number of hydrogen-bond donors (Lipinski definition) is 1. The van der Waals surface area contributed by atoms with E-state index in [1.165, 1.54) is 0 Å². The first-order valence-electron chi connectivity index (χ1n) is 7.48. The van der Waals surface area contributed by atoms with Gasteiger partial charge in [0.05, 0.1) is 11.6 Å². The highest BCUT2D eigenvalue weighted by Gasteiger charge is 2.16. The molecular weight excluding hydrogens is 302 g/mol. The van der Waals surface area contributed by atoms with Crippen LogP contribution < -0.4 is 10.1 Å². The van der Waals surface area contributed by atoms with Crippen molar-refractivity contribution in [2.45, 2.75) is 19.9 Å². The summed E-state index contributed by atoms with van der Waals surface area (Å²) in [5.74, 6) is 0.640. The highest BCUT2D eigenvalue weighted by atomic mass is 35.5. The molecule has 22 heavy (non-hydrogen) atoms. The Morgan fingerprint density at radius 2 is 1.95 bits per heavy atom. The molecule has 6 heteroatoms. The van der Waals surface area contributed by atoms with Crippen LogP contribution in [0.3, 0.4) is 0 Å². The summed E-state index contributed by atoms with van der Waals surface area (Å²) in [5, 5.41) is 3.50. The molecule has 5 nitrogen and oxygen atoms in total. The number of nitrogens with zero attached hydrogens (tertiary/aromatic N) is 2. The Morgan fingerprint density at radius 1 is 1.27 bits per heavy atom. The van der Waals surface area contributed by atoms with Crippen molar-refractivity contribution in [2.75, 3.05) is 40.3 Å². The van der Waals surface area contributed by atoms with Crippen LogP contribution in [0.15, 0.2) is 24.3 Å². The first kappa shape index (κ1) is 18.6. The molecule has 0 saturated carbocycles. The lowest BCUT2D eigenvalue weighted by Crippen LogP contribution is -2.47. The van der Waals surface area contributed by atoms with Gasteiger partial charge in [0, 0.05) is 19.1 Å². The molecule has 0 aliphatic heterocycles. The van der Waals surface area contributed by atoms with Crippen LogP contribution in [0.4, 0.5) is 4.79 Å². The van der Waals surface area contributed by atoms with Crippen molar-refractivity contribution in [1.82, 2.24) is 15.1 Å². The van der Waals surface area contributed by atoms with Gasteiger partial charge in [-0.2, -0.15) is 0 Å². The lowest BCUT2D eigenvalue weighted by Gasteiger charge is -2.27. The number of halogens is 1. The van der Waals surface area contributed by atoms with E-state index in [-0.39, 0.29) is 12.1 Å². The molecule has 1 aromatic rings. The number of hydrogen-bond acceptors (Lipinski definition) is 3. The lowest BCUT2D eigenvalue weighted by atomic mass is 10.3. The number of para-hydroxylation sites is 1. The van der Waals surface area contributed by atoms with Gasteiger partial charge in [-0.1, -0.05) is 23.7 Å². The van der Waals surface area contributed by atoms with Crippen molar-refractivity contribution >= 4 is 17.6 Å². The third-order valence-corrected chi connectivity index (χ3v) is 3.46. The van der Waals surface area contributed by atoms with E-state index in [4.69, 9.17) is 16.3 Å². The van der Waals surface area contributed by atoms with Gasteiger partial charge in [-0.3, -0.25) is 0 Å². The molecule has 0 aromatic heterocycles. The normalized spacial score (nSPS) is 10.9.